The molecule has 0 aromatic heterocycles. The van der Waals surface area contributed by atoms with Gasteiger partial charge in [-0.15, -0.1) is 0 Å². The number of hydrogen-bond donors (Lipinski definition) is 1. The van der Waals surface area contributed by atoms with Gasteiger partial charge in [0.25, 0.3) is 0 Å². The highest BCUT2D eigenvalue weighted by Gasteiger charge is 2.14. The predicted octanol–water partition coefficient (Wildman–Crippen LogP) is 5.56. The van der Waals surface area contributed by atoms with Crippen LogP contribution >= 0.6 is 0 Å². The number of unbranched alkanes of at least 4 members (excludes halogenated alkanes) is 3. The van der Waals surface area contributed by atoms with Crippen LogP contribution in [0.4, 0.5) is 0 Å². The Hall–Kier alpha value is -2.43. The molecule has 3 aromatic carbocycles. The largest absolute Gasteiger partial charge is 0.240 e. The molecule has 1 radical (unpaired) electrons. The molecule has 0 saturated carbocycles. The predicted molar refractivity (Wildman–Crippen MR) is 119 cm³/mol. The fourth-order valence-electron chi connectivity index (χ4n) is 3.49. The van der Waals surface area contributed by atoms with Crippen LogP contribution in [0.5, 0.6) is 0 Å². The summed E-state index contributed by atoms with van der Waals surface area (Å²) in [6.45, 7) is 0.429. The van der Waals surface area contributed by atoms with E-state index in [1.165, 1.54) is 11.1 Å². The van der Waals surface area contributed by atoms with E-state index in [1.807, 2.05) is 6.07 Å². The molecule has 3 rings (SSSR count). The summed E-state index contributed by atoms with van der Waals surface area (Å²) in [5.41, 5.74) is 2.68. The van der Waals surface area contributed by atoms with Crippen LogP contribution in [0.2, 0.25) is 0 Å². The molecule has 0 bridgehead atoms. The second kappa shape index (κ2) is 10.9. The van der Waals surface area contributed by atoms with E-state index in [9.17, 15) is 8.42 Å². The molecule has 0 spiro atoms. The van der Waals surface area contributed by atoms with Gasteiger partial charge in [-0.2, -0.15) is 0 Å². The van der Waals surface area contributed by atoms with Crippen molar-refractivity contribution in [3.8, 4) is 0 Å². The molecular weight excluding hydrogens is 378 g/mol. The zero-order valence-electron chi connectivity index (χ0n) is 16.6. The third-order valence-corrected chi connectivity index (χ3v) is 6.48. The van der Waals surface area contributed by atoms with Gasteiger partial charge in [0.1, 0.15) is 0 Å². The molecule has 151 valence electrons. The van der Waals surface area contributed by atoms with Gasteiger partial charge in [0.2, 0.25) is 10.0 Å². The third kappa shape index (κ3) is 6.55. The average Bonchev–Trinajstić information content (AvgIpc) is 2.77. The maximum atomic E-state index is 12.2. The van der Waals surface area contributed by atoms with Gasteiger partial charge in [0, 0.05) is 12.5 Å². The lowest BCUT2D eigenvalue weighted by atomic mass is 9.87. The molecule has 1 N–H and O–H groups in total. The van der Waals surface area contributed by atoms with Crippen LogP contribution in [-0.2, 0) is 10.0 Å². The van der Waals surface area contributed by atoms with E-state index in [2.05, 4.69) is 71.8 Å². The Labute approximate surface area is 174 Å². The van der Waals surface area contributed by atoms with Gasteiger partial charge in [-0.05, 0) is 42.5 Å². The SMILES string of the molecule is O=S(=O)(NCC[CH]CCCC(c1ccccc1)c1ccccc1)c1ccccc1. The molecule has 0 fully saturated rings. The standard InChI is InChI=1S/C25H28NO2S/c27-29(28,24-18-10-5-11-19-24)26-21-13-2-1-12-20-25(22-14-6-3-7-15-22)23-16-8-4-9-17-23/h2-11,14-19,25-26H,1,12-13,20-21H2. The normalized spacial score (nSPS) is 11.6. The zero-order chi connectivity index (χ0) is 20.4. The summed E-state index contributed by atoms with van der Waals surface area (Å²) in [6.07, 6.45) is 6.03. The minimum Gasteiger partial charge on any atom is -0.211 e. The van der Waals surface area contributed by atoms with Crippen molar-refractivity contribution in [3.05, 3.63) is 109 Å². The van der Waals surface area contributed by atoms with E-state index in [0.717, 1.165) is 25.7 Å². The minimum absolute atomic E-state index is 0.313. The highest BCUT2D eigenvalue weighted by Crippen LogP contribution is 2.29. The lowest BCUT2D eigenvalue weighted by molar-refractivity contribution is 0.579. The highest BCUT2D eigenvalue weighted by atomic mass is 32.2. The number of benzene rings is 3. The van der Waals surface area contributed by atoms with Gasteiger partial charge in [-0.25, -0.2) is 13.1 Å². The maximum absolute atomic E-state index is 12.2. The number of nitrogens with one attached hydrogen (secondary N) is 1. The van der Waals surface area contributed by atoms with Gasteiger partial charge < -0.3 is 0 Å². The Morgan fingerprint density at radius 1 is 0.724 bits per heavy atom. The molecule has 3 aromatic rings. The molecule has 0 amide bonds. The molecule has 0 heterocycles. The number of sulfonamides is 1. The average molecular weight is 407 g/mol. The van der Waals surface area contributed by atoms with Crippen molar-refractivity contribution >= 4 is 10.0 Å². The summed E-state index contributed by atoms with van der Waals surface area (Å²) in [6, 6.07) is 29.8. The number of hydrogen-bond acceptors (Lipinski definition) is 2. The van der Waals surface area contributed by atoms with Crippen molar-refractivity contribution < 1.29 is 8.42 Å². The molecule has 0 aliphatic rings. The molecule has 3 nitrogen and oxygen atoms in total. The van der Waals surface area contributed by atoms with Crippen LogP contribution in [0.25, 0.3) is 0 Å². The Morgan fingerprint density at radius 2 is 1.24 bits per heavy atom. The van der Waals surface area contributed by atoms with Gasteiger partial charge in [-0.3, -0.25) is 0 Å². The quantitative estimate of drug-likeness (QED) is 0.424. The highest BCUT2D eigenvalue weighted by molar-refractivity contribution is 7.89. The van der Waals surface area contributed by atoms with Crippen LogP contribution in [0.1, 0.15) is 42.7 Å². The topological polar surface area (TPSA) is 46.2 Å². The Bertz CT molecular complexity index is 902. The monoisotopic (exact) mass is 406 g/mol. The van der Waals surface area contributed by atoms with E-state index < -0.39 is 10.0 Å². The van der Waals surface area contributed by atoms with Crippen molar-refractivity contribution in [2.24, 2.45) is 0 Å². The van der Waals surface area contributed by atoms with Crippen LogP contribution < -0.4 is 4.72 Å². The third-order valence-electron chi connectivity index (χ3n) is 5.00. The van der Waals surface area contributed by atoms with E-state index in [4.69, 9.17) is 0 Å². The first-order valence-corrected chi connectivity index (χ1v) is 11.6. The van der Waals surface area contributed by atoms with Crippen molar-refractivity contribution in [2.75, 3.05) is 6.54 Å². The van der Waals surface area contributed by atoms with Crippen LogP contribution in [0.15, 0.2) is 95.9 Å². The van der Waals surface area contributed by atoms with Crippen molar-refractivity contribution in [1.29, 1.82) is 0 Å². The van der Waals surface area contributed by atoms with Crippen LogP contribution in [0.3, 0.4) is 0 Å². The van der Waals surface area contributed by atoms with Crippen LogP contribution in [0, 0.1) is 6.42 Å². The molecular formula is C25H28NO2S. The first-order chi connectivity index (χ1) is 14.2. The van der Waals surface area contributed by atoms with E-state index in [-0.39, 0.29) is 0 Å². The van der Waals surface area contributed by atoms with Crippen molar-refractivity contribution in [3.63, 3.8) is 0 Å². The Morgan fingerprint density at radius 3 is 1.79 bits per heavy atom. The molecule has 0 atom stereocenters. The van der Waals surface area contributed by atoms with Crippen molar-refractivity contribution in [2.45, 2.75) is 36.5 Å². The Balaban J connectivity index is 1.43. The first-order valence-electron chi connectivity index (χ1n) is 10.1. The van der Waals surface area contributed by atoms with Crippen molar-refractivity contribution in [1.82, 2.24) is 4.72 Å². The molecule has 0 unspecified atom stereocenters. The maximum Gasteiger partial charge on any atom is 0.240 e. The minimum atomic E-state index is -3.41. The number of rotatable bonds is 11. The molecule has 4 heteroatoms. The Kier molecular flexibility index (Phi) is 8.03. The molecule has 0 saturated heterocycles. The van der Waals surface area contributed by atoms with E-state index >= 15 is 0 Å². The van der Waals surface area contributed by atoms with Gasteiger partial charge in [0.05, 0.1) is 4.90 Å². The first kappa shape index (κ1) is 21.3. The fourth-order valence-corrected chi connectivity index (χ4v) is 4.55. The van der Waals surface area contributed by atoms with Gasteiger partial charge in [-0.1, -0.05) is 91.7 Å². The van der Waals surface area contributed by atoms with Gasteiger partial charge >= 0.3 is 0 Å². The second-order valence-electron chi connectivity index (χ2n) is 7.09. The fraction of sp³-hybridized carbons (Fsp3) is 0.240. The molecule has 29 heavy (non-hydrogen) atoms. The van der Waals surface area contributed by atoms with Crippen LogP contribution in [-0.4, -0.2) is 15.0 Å². The summed E-state index contributed by atoms with van der Waals surface area (Å²) in [4.78, 5) is 0.313. The van der Waals surface area contributed by atoms with E-state index in [0.29, 0.717) is 17.4 Å². The summed E-state index contributed by atoms with van der Waals surface area (Å²) in [5.74, 6) is 0.391. The second-order valence-corrected chi connectivity index (χ2v) is 8.86. The summed E-state index contributed by atoms with van der Waals surface area (Å²) >= 11 is 0. The smallest absolute Gasteiger partial charge is 0.211 e. The summed E-state index contributed by atoms with van der Waals surface area (Å²) < 4.78 is 27.1. The lowest BCUT2D eigenvalue weighted by Gasteiger charge is -2.18. The van der Waals surface area contributed by atoms with E-state index in [1.54, 1.807) is 24.3 Å². The zero-order valence-corrected chi connectivity index (χ0v) is 17.4. The lowest BCUT2D eigenvalue weighted by Crippen LogP contribution is -2.24. The molecule has 0 aliphatic heterocycles. The van der Waals surface area contributed by atoms with Gasteiger partial charge in [0.15, 0.2) is 0 Å². The summed E-state index contributed by atoms with van der Waals surface area (Å²) in [5, 5.41) is 0. The summed E-state index contributed by atoms with van der Waals surface area (Å²) in [7, 11) is -3.41. The molecule has 0 aliphatic carbocycles.